The highest BCUT2D eigenvalue weighted by Gasteiger charge is 2.21. The first kappa shape index (κ1) is 14.5. The Bertz CT molecular complexity index is 225. The van der Waals surface area contributed by atoms with Crippen LogP contribution in [-0.4, -0.2) is 36.4 Å². The lowest BCUT2D eigenvalue weighted by Crippen LogP contribution is -2.36. The first-order valence-corrected chi connectivity index (χ1v) is 6.67. The van der Waals surface area contributed by atoms with Crippen molar-refractivity contribution >= 4 is 5.91 Å². The first-order chi connectivity index (χ1) is 8.15. The molecule has 0 heterocycles. The summed E-state index contributed by atoms with van der Waals surface area (Å²) in [6.07, 6.45) is 5.07. The van der Waals surface area contributed by atoms with Gasteiger partial charge in [0, 0.05) is 12.6 Å². The van der Waals surface area contributed by atoms with Gasteiger partial charge in [-0.2, -0.15) is 0 Å². The topological polar surface area (TPSA) is 58.6 Å². The van der Waals surface area contributed by atoms with E-state index < -0.39 is 0 Å². The first-order valence-electron chi connectivity index (χ1n) is 6.67. The summed E-state index contributed by atoms with van der Waals surface area (Å²) in [5.74, 6) is 0.410. The van der Waals surface area contributed by atoms with Gasteiger partial charge in [-0.15, -0.1) is 0 Å². The van der Waals surface area contributed by atoms with Gasteiger partial charge in [0.1, 0.15) is 6.61 Å². The standard InChI is InChI=1S/C13H25NO3/c1-3-10(2)14-13(16)9-17-12-6-4-11(8-15)5-7-12/h10-12,15H,3-9H2,1-2H3,(H,14,16). The van der Waals surface area contributed by atoms with Crippen LogP contribution in [-0.2, 0) is 9.53 Å². The summed E-state index contributed by atoms with van der Waals surface area (Å²) in [5.41, 5.74) is 0. The van der Waals surface area contributed by atoms with Gasteiger partial charge < -0.3 is 15.2 Å². The minimum absolute atomic E-state index is 0.0244. The maximum absolute atomic E-state index is 11.5. The molecule has 4 heteroatoms. The largest absolute Gasteiger partial charge is 0.396 e. The van der Waals surface area contributed by atoms with E-state index in [9.17, 15) is 4.79 Å². The summed E-state index contributed by atoms with van der Waals surface area (Å²) in [4.78, 5) is 11.5. The van der Waals surface area contributed by atoms with Crippen LogP contribution < -0.4 is 5.32 Å². The summed E-state index contributed by atoms with van der Waals surface area (Å²) in [6, 6.07) is 0.219. The van der Waals surface area contributed by atoms with E-state index in [1.807, 2.05) is 13.8 Å². The summed E-state index contributed by atoms with van der Waals surface area (Å²) < 4.78 is 5.59. The Hall–Kier alpha value is -0.610. The van der Waals surface area contributed by atoms with Crippen molar-refractivity contribution in [3.05, 3.63) is 0 Å². The van der Waals surface area contributed by atoms with Gasteiger partial charge in [0.25, 0.3) is 0 Å². The molecule has 0 saturated heterocycles. The van der Waals surface area contributed by atoms with Crippen molar-refractivity contribution in [2.24, 2.45) is 5.92 Å². The molecule has 1 rings (SSSR count). The molecule has 1 amide bonds. The highest BCUT2D eigenvalue weighted by Crippen LogP contribution is 2.25. The fourth-order valence-corrected chi connectivity index (χ4v) is 2.09. The van der Waals surface area contributed by atoms with Crippen molar-refractivity contribution < 1.29 is 14.6 Å². The van der Waals surface area contributed by atoms with Gasteiger partial charge in [-0.05, 0) is 44.9 Å². The quantitative estimate of drug-likeness (QED) is 0.742. The summed E-state index contributed by atoms with van der Waals surface area (Å²) >= 11 is 0. The molecule has 1 fully saturated rings. The zero-order valence-electron chi connectivity index (χ0n) is 10.9. The molecule has 0 aromatic rings. The van der Waals surface area contributed by atoms with Crippen molar-refractivity contribution in [3.8, 4) is 0 Å². The third-order valence-corrected chi connectivity index (χ3v) is 3.52. The van der Waals surface area contributed by atoms with Gasteiger partial charge in [-0.3, -0.25) is 4.79 Å². The van der Waals surface area contributed by atoms with E-state index in [4.69, 9.17) is 9.84 Å². The number of hydrogen-bond donors (Lipinski definition) is 2. The number of hydrogen-bond acceptors (Lipinski definition) is 3. The summed E-state index contributed by atoms with van der Waals surface area (Å²) in [5, 5.41) is 11.9. The molecule has 17 heavy (non-hydrogen) atoms. The molecule has 1 aliphatic rings. The van der Waals surface area contributed by atoms with Gasteiger partial charge >= 0.3 is 0 Å². The number of nitrogens with one attached hydrogen (secondary N) is 1. The van der Waals surface area contributed by atoms with E-state index >= 15 is 0 Å². The fourth-order valence-electron chi connectivity index (χ4n) is 2.09. The second-order valence-corrected chi connectivity index (χ2v) is 5.01. The maximum Gasteiger partial charge on any atom is 0.246 e. The van der Waals surface area contributed by atoms with Crippen molar-refractivity contribution in [2.75, 3.05) is 13.2 Å². The van der Waals surface area contributed by atoms with Crippen LogP contribution in [0.2, 0.25) is 0 Å². The van der Waals surface area contributed by atoms with Crippen LogP contribution in [0.4, 0.5) is 0 Å². The Morgan fingerprint density at radius 2 is 2.06 bits per heavy atom. The third kappa shape index (κ3) is 5.50. The Kier molecular flexibility index (Phi) is 6.52. The number of amides is 1. The van der Waals surface area contributed by atoms with Crippen LogP contribution in [0.1, 0.15) is 46.0 Å². The Morgan fingerprint density at radius 1 is 1.41 bits per heavy atom. The summed E-state index contributed by atoms with van der Waals surface area (Å²) in [6.45, 7) is 4.48. The molecule has 1 unspecified atom stereocenters. The van der Waals surface area contributed by atoms with E-state index in [0.29, 0.717) is 5.92 Å². The van der Waals surface area contributed by atoms with E-state index in [2.05, 4.69) is 5.32 Å². The molecule has 2 N–H and O–H groups in total. The smallest absolute Gasteiger partial charge is 0.246 e. The lowest BCUT2D eigenvalue weighted by Gasteiger charge is -2.27. The SMILES string of the molecule is CCC(C)NC(=O)COC1CCC(CO)CC1. The number of rotatable bonds is 6. The Balaban J connectivity index is 2.12. The molecule has 0 aliphatic heterocycles. The minimum Gasteiger partial charge on any atom is -0.396 e. The molecule has 0 spiro atoms. The maximum atomic E-state index is 11.5. The number of carbonyl (C=O) groups excluding carboxylic acids is 1. The molecule has 4 nitrogen and oxygen atoms in total. The average Bonchev–Trinajstić information content (AvgIpc) is 2.36. The van der Waals surface area contributed by atoms with Gasteiger partial charge in [0.15, 0.2) is 0 Å². The highest BCUT2D eigenvalue weighted by atomic mass is 16.5. The third-order valence-electron chi connectivity index (χ3n) is 3.52. The normalized spacial score (nSPS) is 26.5. The second kappa shape index (κ2) is 7.67. The van der Waals surface area contributed by atoms with Crippen LogP contribution >= 0.6 is 0 Å². The Morgan fingerprint density at radius 3 is 2.59 bits per heavy atom. The second-order valence-electron chi connectivity index (χ2n) is 5.01. The molecule has 1 aliphatic carbocycles. The van der Waals surface area contributed by atoms with Gasteiger partial charge in [0.05, 0.1) is 6.10 Å². The predicted molar refractivity (Wildman–Crippen MR) is 66.7 cm³/mol. The number of carbonyl (C=O) groups is 1. The van der Waals surface area contributed by atoms with E-state index in [1.165, 1.54) is 0 Å². The number of ether oxygens (including phenoxy) is 1. The molecule has 1 saturated carbocycles. The Labute approximate surface area is 104 Å². The van der Waals surface area contributed by atoms with Crippen molar-refractivity contribution in [2.45, 2.75) is 58.1 Å². The molecule has 0 radical (unpaired) electrons. The zero-order valence-corrected chi connectivity index (χ0v) is 10.9. The van der Waals surface area contributed by atoms with E-state index in [-0.39, 0.29) is 31.3 Å². The van der Waals surface area contributed by atoms with Crippen molar-refractivity contribution in [3.63, 3.8) is 0 Å². The van der Waals surface area contributed by atoms with Crippen LogP contribution in [0, 0.1) is 5.92 Å². The minimum atomic E-state index is -0.0244. The lowest BCUT2D eigenvalue weighted by atomic mass is 9.88. The van der Waals surface area contributed by atoms with Crippen LogP contribution in [0.25, 0.3) is 0 Å². The van der Waals surface area contributed by atoms with Crippen molar-refractivity contribution in [1.82, 2.24) is 5.32 Å². The van der Waals surface area contributed by atoms with E-state index in [0.717, 1.165) is 32.1 Å². The monoisotopic (exact) mass is 243 g/mol. The van der Waals surface area contributed by atoms with Crippen LogP contribution in [0.5, 0.6) is 0 Å². The average molecular weight is 243 g/mol. The van der Waals surface area contributed by atoms with Gasteiger partial charge in [-0.25, -0.2) is 0 Å². The molecule has 0 aromatic heterocycles. The lowest BCUT2D eigenvalue weighted by molar-refractivity contribution is -0.129. The molecule has 100 valence electrons. The van der Waals surface area contributed by atoms with Crippen LogP contribution in [0.15, 0.2) is 0 Å². The molecule has 1 atom stereocenters. The molecule has 0 aromatic carbocycles. The molecular formula is C13H25NO3. The van der Waals surface area contributed by atoms with Crippen molar-refractivity contribution in [1.29, 1.82) is 0 Å². The van der Waals surface area contributed by atoms with Crippen LogP contribution in [0.3, 0.4) is 0 Å². The number of aliphatic hydroxyl groups is 1. The van der Waals surface area contributed by atoms with E-state index in [1.54, 1.807) is 0 Å². The predicted octanol–water partition coefficient (Wildman–Crippen LogP) is 1.47. The summed E-state index contributed by atoms with van der Waals surface area (Å²) in [7, 11) is 0. The zero-order chi connectivity index (χ0) is 12.7. The fraction of sp³-hybridized carbons (Fsp3) is 0.923. The molecular weight excluding hydrogens is 218 g/mol. The highest BCUT2D eigenvalue weighted by molar-refractivity contribution is 5.77. The van der Waals surface area contributed by atoms with Gasteiger partial charge in [-0.1, -0.05) is 6.92 Å². The number of aliphatic hydroxyl groups excluding tert-OH is 1. The molecule has 0 bridgehead atoms. The van der Waals surface area contributed by atoms with Gasteiger partial charge in [0.2, 0.25) is 5.91 Å².